The number of rotatable bonds is 6. The molecule has 0 saturated carbocycles. The molecule has 3 heteroatoms. The molecule has 4 aromatic carbocycles. The summed E-state index contributed by atoms with van der Waals surface area (Å²) in [5.41, 5.74) is 1.35. The maximum Gasteiger partial charge on any atom is 0.306 e. The van der Waals surface area contributed by atoms with E-state index in [-0.39, 0.29) is 23.2 Å². The van der Waals surface area contributed by atoms with Crippen molar-refractivity contribution in [3.63, 3.8) is 0 Å². The largest absolute Gasteiger partial charge is 0.462 e. The van der Waals surface area contributed by atoms with Crippen molar-refractivity contribution in [2.75, 3.05) is 0 Å². The van der Waals surface area contributed by atoms with E-state index in [4.69, 9.17) is 4.74 Å². The lowest BCUT2D eigenvalue weighted by atomic mass is 9.81. The molecule has 0 spiro atoms. The molecule has 172 valence electrons. The number of benzene rings is 4. The summed E-state index contributed by atoms with van der Waals surface area (Å²) in [4.78, 5) is 12.5. The predicted molar refractivity (Wildman–Crippen MR) is 138 cm³/mol. The Morgan fingerprint density at radius 3 is 2.15 bits per heavy atom. The molecule has 0 amide bonds. The van der Waals surface area contributed by atoms with Gasteiger partial charge in [0.25, 0.3) is 0 Å². The first kappa shape index (κ1) is 22.2. The minimum absolute atomic E-state index is 0.00122. The van der Waals surface area contributed by atoms with Crippen LogP contribution in [0.15, 0.2) is 54.6 Å². The quantitative estimate of drug-likeness (QED) is 0.196. The van der Waals surface area contributed by atoms with Crippen molar-refractivity contribution in [2.24, 2.45) is 0 Å². The first-order chi connectivity index (χ1) is 15.7. The van der Waals surface area contributed by atoms with Gasteiger partial charge in [-0.25, -0.2) is 0 Å². The minimum Gasteiger partial charge on any atom is -0.462 e. The van der Waals surface area contributed by atoms with Crippen LogP contribution in [0.25, 0.3) is 32.3 Å². The number of carbonyl (C=O) groups is 1. The van der Waals surface area contributed by atoms with Gasteiger partial charge in [0.1, 0.15) is 6.10 Å². The minimum atomic E-state index is -0.0520. The molecular weight excluding hydrogens is 406 g/mol. The summed E-state index contributed by atoms with van der Waals surface area (Å²) in [5.74, 6) is -0.0520. The van der Waals surface area contributed by atoms with Crippen molar-refractivity contribution in [1.82, 2.24) is 5.32 Å². The van der Waals surface area contributed by atoms with Gasteiger partial charge in [-0.1, -0.05) is 54.6 Å². The number of esters is 1. The van der Waals surface area contributed by atoms with Crippen LogP contribution in [0.4, 0.5) is 0 Å². The van der Waals surface area contributed by atoms with E-state index < -0.39 is 0 Å². The molecule has 3 nitrogen and oxygen atoms in total. The van der Waals surface area contributed by atoms with Crippen molar-refractivity contribution in [2.45, 2.75) is 83.4 Å². The third kappa shape index (κ3) is 4.56. The number of nitrogens with one attached hydrogen (secondary N) is 1. The molecule has 0 radical (unpaired) electrons. The van der Waals surface area contributed by atoms with E-state index >= 15 is 0 Å². The van der Waals surface area contributed by atoms with Crippen molar-refractivity contribution in [3.05, 3.63) is 60.2 Å². The second kappa shape index (κ2) is 8.29. The number of ether oxygens (including phenoxy) is 1. The summed E-state index contributed by atoms with van der Waals surface area (Å²) in [5, 5.41) is 11.6. The van der Waals surface area contributed by atoms with Crippen molar-refractivity contribution < 1.29 is 9.53 Å². The Morgan fingerprint density at radius 2 is 1.45 bits per heavy atom. The van der Waals surface area contributed by atoms with E-state index in [1.54, 1.807) is 0 Å². The SMILES string of the molecule is CC1(C)CC(OC(=O)CCCCc2ccc3ccc4cccc5ccc2c3c45)CC(C)(C)N1. The molecule has 1 heterocycles. The molecule has 33 heavy (non-hydrogen) atoms. The fourth-order valence-electron chi connectivity index (χ4n) is 6.16. The lowest BCUT2D eigenvalue weighted by molar-refractivity contribution is -0.153. The van der Waals surface area contributed by atoms with Gasteiger partial charge in [0.05, 0.1) is 0 Å². The van der Waals surface area contributed by atoms with E-state index in [1.807, 2.05) is 0 Å². The zero-order chi connectivity index (χ0) is 23.2. The summed E-state index contributed by atoms with van der Waals surface area (Å²) in [6, 6.07) is 20.0. The van der Waals surface area contributed by atoms with E-state index in [2.05, 4.69) is 87.6 Å². The molecule has 1 fully saturated rings. The molecule has 1 aliphatic heterocycles. The predicted octanol–water partition coefficient (Wildman–Crippen LogP) is 7.15. The molecule has 0 aliphatic carbocycles. The Morgan fingerprint density at radius 1 is 0.848 bits per heavy atom. The third-order valence-electron chi connectivity index (χ3n) is 7.15. The molecule has 5 rings (SSSR count). The Labute approximate surface area is 196 Å². The molecule has 4 aromatic rings. The van der Waals surface area contributed by atoms with Gasteiger partial charge >= 0.3 is 5.97 Å². The van der Waals surface area contributed by atoms with Crippen molar-refractivity contribution >= 4 is 38.3 Å². The highest BCUT2D eigenvalue weighted by Crippen LogP contribution is 2.36. The molecule has 0 aromatic heterocycles. The molecule has 1 aliphatic rings. The van der Waals surface area contributed by atoms with Crippen LogP contribution in [-0.2, 0) is 16.0 Å². The zero-order valence-electron chi connectivity index (χ0n) is 20.3. The van der Waals surface area contributed by atoms with Crippen LogP contribution in [0.3, 0.4) is 0 Å². The van der Waals surface area contributed by atoms with Crippen molar-refractivity contribution in [3.8, 4) is 0 Å². The second-order valence-corrected chi connectivity index (χ2v) is 11.2. The average molecular weight is 442 g/mol. The van der Waals surface area contributed by atoms with E-state index in [1.165, 1.54) is 37.9 Å². The summed E-state index contributed by atoms with van der Waals surface area (Å²) in [6.45, 7) is 8.74. The molecule has 0 unspecified atom stereocenters. The van der Waals surface area contributed by atoms with Crippen LogP contribution in [0.5, 0.6) is 0 Å². The van der Waals surface area contributed by atoms with Gasteiger partial charge in [0, 0.05) is 30.3 Å². The van der Waals surface area contributed by atoms with Crippen molar-refractivity contribution in [1.29, 1.82) is 0 Å². The summed E-state index contributed by atoms with van der Waals surface area (Å²) in [7, 11) is 0. The lowest BCUT2D eigenvalue weighted by Crippen LogP contribution is -2.59. The number of carbonyl (C=O) groups excluding carboxylic acids is 1. The lowest BCUT2D eigenvalue weighted by Gasteiger charge is -2.45. The standard InChI is InChI=1S/C30H35NO2/c1-29(2)18-24(19-30(3,4)31-29)33-26(32)11-6-5-8-20-12-13-23-15-14-21-9-7-10-22-16-17-25(20)28(23)27(21)22/h7,9-10,12-17,24,31H,5-6,8,11,18-19H2,1-4H3. The number of hydrogen-bond donors (Lipinski definition) is 1. The zero-order valence-corrected chi connectivity index (χ0v) is 20.3. The van der Waals surface area contributed by atoms with Gasteiger partial charge in [-0.05, 0) is 84.8 Å². The first-order valence-electron chi connectivity index (χ1n) is 12.4. The number of hydrogen-bond acceptors (Lipinski definition) is 3. The number of piperidine rings is 1. The van der Waals surface area contributed by atoms with Crippen LogP contribution in [0.2, 0.25) is 0 Å². The second-order valence-electron chi connectivity index (χ2n) is 11.2. The summed E-state index contributed by atoms with van der Waals surface area (Å²) < 4.78 is 5.88. The highest BCUT2D eigenvalue weighted by atomic mass is 16.5. The average Bonchev–Trinajstić information content (AvgIpc) is 2.73. The first-order valence-corrected chi connectivity index (χ1v) is 12.4. The highest BCUT2D eigenvalue weighted by molar-refractivity contribution is 6.23. The van der Waals surface area contributed by atoms with Gasteiger partial charge in [-0.15, -0.1) is 0 Å². The maximum absolute atomic E-state index is 12.5. The van der Waals surface area contributed by atoms with Crippen LogP contribution >= 0.6 is 0 Å². The van der Waals surface area contributed by atoms with Gasteiger partial charge in [0.15, 0.2) is 0 Å². The van der Waals surface area contributed by atoms with Gasteiger partial charge in [0.2, 0.25) is 0 Å². The van der Waals surface area contributed by atoms with Gasteiger partial charge < -0.3 is 10.1 Å². The third-order valence-corrected chi connectivity index (χ3v) is 7.15. The molecular formula is C30H35NO2. The number of unbranched alkanes of at least 4 members (excludes halogenated alkanes) is 1. The van der Waals surface area contributed by atoms with E-state index in [9.17, 15) is 4.79 Å². The van der Waals surface area contributed by atoms with E-state index in [0.717, 1.165) is 32.1 Å². The fraction of sp³-hybridized carbons (Fsp3) is 0.433. The molecule has 1 saturated heterocycles. The smallest absolute Gasteiger partial charge is 0.306 e. The Bertz CT molecular complexity index is 1270. The monoisotopic (exact) mass is 441 g/mol. The topological polar surface area (TPSA) is 38.3 Å². The Hall–Kier alpha value is -2.65. The van der Waals surface area contributed by atoms with Gasteiger partial charge in [-0.3, -0.25) is 4.79 Å². The summed E-state index contributed by atoms with van der Waals surface area (Å²) in [6.07, 6.45) is 5.06. The molecule has 0 bridgehead atoms. The molecule has 0 atom stereocenters. The Balaban J connectivity index is 1.22. The van der Waals surface area contributed by atoms with Crippen LogP contribution in [0.1, 0.15) is 65.4 Å². The van der Waals surface area contributed by atoms with Crippen LogP contribution < -0.4 is 5.32 Å². The van der Waals surface area contributed by atoms with E-state index in [0.29, 0.717) is 6.42 Å². The van der Waals surface area contributed by atoms with Crippen LogP contribution in [0, 0.1) is 0 Å². The summed E-state index contributed by atoms with van der Waals surface area (Å²) >= 11 is 0. The fourth-order valence-corrected chi connectivity index (χ4v) is 6.16. The normalized spacial score (nSPS) is 18.3. The maximum atomic E-state index is 12.5. The van der Waals surface area contributed by atoms with Crippen LogP contribution in [-0.4, -0.2) is 23.2 Å². The Kier molecular flexibility index (Phi) is 5.56. The number of aryl methyl sites for hydroxylation is 1. The highest BCUT2D eigenvalue weighted by Gasteiger charge is 2.39. The molecule has 1 N–H and O–H groups in total. The van der Waals surface area contributed by atoms with Gasteiger partial charge in [-0.2, -0.15) is 0 Å².